The molecule has 0 aliphatic heterocycles. The van der Waals surface area contributed by atoms with Crippen LogP contribution in [0.4, 0.5) is 0 Å². The lowest BCUT2D eigenvalue weighted by atomic mass is 9.46. The van der Waals surface area contributed by atoms with Gasteiger partial charge in [0.05, 0.1) is 0 Å². The number of rotatable bonds is 1. The Bertz CT molecular complexity index is 570. The lowest BCUT2D eigenvalue weighted by Crippen LogP contribution is -2.53. The van der Waals surface area contributed by atoms with Crippen molar-refractivity contribution in [3.05, 3.63) is 11.1 Å². The summed E-state index contributed by atoms with van der Waals surface area (Å²) < 4.78 is 5.74. The zero-order chi connectivity index (χ0) is 17.1. The molecule has 4 aliphatic carbocycles. The third kappa shape index (κ3) is 2.31. The number of ether oxygens (including phenoxy) is 1. The largest absolute Gasteiger partial charge is 0.462 e. The first kappa shape index (κ1) is 16.9. The van der Waals surface area contributed by atoms with Gasteiger partial charge < -0.3 is 4.74 Å². The summed E-state index contributed by atoms with van der Waals surface area (Å²) in [5, 5.41) is 1.14. The van der Waals surface area contributed by atoms with Gasteiger partial charge in [0.1, 0.15) is 6.10 Å². The van der Waals surface area contributed by atoms with Gasteiger partial charge in [-0.1, -0.05) is 31.5 Å². The topological polar surface area (TPSA) is 26.3 Å². The molecular weight excluding hydrogens is 320 g/mol. The molecule has 0 heterocycles. The minimum absolute atomic E-state index is 0.108. The van der Waals surface area contributed by atoms with E-state index in [1.165, 1.54) is 38.5 Å². The van der Waals surface area contributed by atoms with Crippen molar-refractivity contribution in [1.82, 2.24) is 0 Å². The molecular formula is C21H31ClO2. The molecule has 24 heavy (non-hydrogen) atoms. The molecule has 0 spiro atoms. The van der Waals surface area contributed by atoms with Crippen LogP contribution in [0.1, 0.15) is 72.1 Å². The molecule has 0 radical (unpaired) electrons. The minimum atomic E-state index is -0.108. The van der Waals surface area contributed by atoms with E-state index < -0.39 is 0 Å². The molecule has 3 saturated carbocycles. The van der Waals surface area contributed by atoms with E-state index in [0.29, 0.717) is 11.3 Å². The van der Waals surface area contributed by atoms with Crippen LogP contribution in [0.2, 0.25) is 0 Å². The van der Waals surface area contributed by atoms with Gasteiger partial charge in [-0.2, -0.15) is 0 Å². The van der Waals surface area contributed by atoms with Crippen LogP contribution in [-0.4, -0.2) is 12.1 Å². The number of hydrogen-bond acceptors (Lipinski definition) is 2. The van der Waals surface area contributed by atoms with E-state index in [1.807, 2.05) is 0 Å². The zero-order valence-electron chi connectivity index (χ0n) is 15.3. The van der Waals surface area contributed by atoms with Crippen LogP contribution in [0.15, 0.2) is 11.1 Å². The number of carbonyl (C=O) groups excluding carboxylic acids is 1. The third-order valence-electron chi connectivity index (χ3n) is 8.45. The molecule has 4 rings (SSSR count). The van der Waals surface area contributed by atoms with Crippen molar-refractivity contribution in [2.24, 2.45) is 34.5 Å². The first-order valence-corrected chi connectivity index (χ1v) is 10.3. The molecule has 3 fully saturated rings. The third-order valence-corrected chi connectivity index (χ3v) is 8.86. The first-order chi connectivity index (χ1) is 11.4. The van der Waals surface area contributed by atoms with Gasteiger partial charge in [0, 0.05) is 17.4 Å². The number of fused-ring (bicyclic) bond motifs is 5. The van der Waals surface area contributed by atoms with Crippen LogP contribution in [-0.2, 0) is 9.53 Å². The van der Waals surface area contributed by atoms with Crippen LogP contribution < -0.4 is 0 Å². The summed E-state index contributed by atoms with van der Waals surface area (Å²) in [5.41, 5.74) is 0.583. The van der Waals surface area contributed by atoms with Crippen molar-refractivity contribution in [2.45, 2.75) is 78.2 Å². The van der Waals surface area contributed by atoms with E-state index in [-0.39, 0.29) is 17.5 Å². The second-order valence-corrected chi connectivity index (χ2v) is 9.80. The highest BCUT2D eigenvalue weighted by Crippen LogP contribution is 2.66. The number of hydrogen-bond donors (Lipinski definition) is 0. The van der Waals surface area contributed by atoms with E-state index in [9.17, 15) is 4.79 Å². The Kier molecular flexibility index (Phi) is 4.06. The predicted molar refractivity (Wildman–Crippen MR) is 96.6 cm³/mol. The van der Waals surface area contributed by atoms with Crippen LogP contribution in [0.5, 0.6) is 0 Å². The van der Waals surface area contributed by atoms with Crippen LogP contribution in [0.25, 0.3) is 0 Å². The van der Waals surface area contributed by atoms with Crippen molar-refractivity contribution in [3.63, 3.8) is 0 Å². The van der Waals surface area contributed by atoms with Gasteiger partial charge in [0.2, 0.25) is 0 Å². The Balaban J connectivity index is 1.61. The highest BCUT2D eigenvalue weighted by Gasteiger charge is 2.60. The SMILES string of the molecule is CC(=O)O[C@H]1CC[C@H]2[C@@H]3CC[C@H]4C(Cl)=CCC[C@]4(C)[C@H]3CC[C@]12C. The fourth-order valence-corrected chi connectivity index (χ4v) is 7.75. The summed E-state index contributed by atoms with van der Waals surface area (Å²) in [5.74, 6) is 2.80. The van der Waals surface area contributed by atoms with Crippen LogP contribution in [0, 0.1) is 34.5 Å². The maximum atomic E-state index is 11.5. The van der Waals surface area contributed by atoms with Gasteiger partial charge in [-0.3, -0.25) is 4.79 Å². The Hall–Kier alpha value is -0.500. The second-order valence-electron chi connectivity index (χ2n) is 9.36. The summed E-state index contributed by atoms with van der Waals surface area (Å²) in [6.07, 6.45) is 12.2. The van der Waals surface area contributed by atoms with Gasteiger partial charge in [-0.05, 0) is 80.5 Å². The number of carbonyl (C=O) groups is 1. The molecule has 0 N–H and O–H groups in total. The molecule has 2 nitrogen and oxygen atoms in total. The van der Waals surface area contributed by atoms with Gasteiger partial charge in [0.25, 0.3) is 0 Å². The molecule has 0 bridgehead atoms. The van der Waals surface area contributed by atoms with Crippen molar-refractivity contribution >= 4 is 17.6 Å². The Morgan fingerprint density at radius 1 is 1.08 bits per heavy atom. The van der Waals surface area contributed by atoms with Gasteiger partial charge in [-0.25, -0.2) is 0 Å². The fourth-order valence-electron chi connectivity index (χ4n) is 7.28. The molecule has 3 heteroatoms. The average Bonchev–Trinajstić information content (AvgIpc) is 2.83. The number of esters is 1. The predicted octanol–water partition coefficient (Wildman–Crippen LogP) is 5.69. The first-order valence-electron chi connectivity index (χ1n) is 9.89. The Morgan fingerprint density at radius 2 is 1.83 bits per heavy atom. The quantitative estimate of drug-likeness (QED) is 0.567. The van der Waals surface area contributed by atoms with E-state index in [2.05, 4.69) is 19.9 Å². The summed E-state index contributed by atoms with van der Waals surface area (Å²) in [6.45, 7) is 6.48. The van der Waals surface area contributed by atoms with Crippen LogP contribution >= 0.6 is 11.6 Å². The summed E-state index contributed by atoms with van der Waals surface area (Å²) >= 11 is 6.63. The standard InChI is InChI=1S/C21H31ClO2/c1-13(23)24-19-9-8-15-14-6-7-17-18(22)5-4-11-20(17,2)16(14)10-12-21(15,19)3/h5,14-17,19H,4,6-12H2,1-3H3/t14-,15-,16-,17-,19-,20+,21-/m0/s1. The van der Waals surface area contributed by atoms with E-state index >= 15 is 0 Å². The van der Waals surface area contributed by atoms with Gasteiger partial charge in [0.15, 0.2) is 0 Å². The molecule has 0 saturated heterocycles. The van der Waals surface area contributed by atoms with E-state index in [0.717, 1.165) is 35.6 Å². The number of allylic oxidation sites excluding steroid dienone is 2. The van der Waals surface area contributed by atoms with E-state index in [1.54, 1.807) is 6.92 Å². The van der Waals surface area contributed by atoms with Gasteiger partial charge >= 0.3 is 5.97 Å². The monoisotopic (exact) mass is 350 g/mol. The van der Waals surface area contributed by atoms with Crippen molar-refractivity contribution in [1.29, 1.82) is 0 Å². The maximum absolute atomic E-state index is 11.5. The summed E-state index contributed by atoms with van der Waals surface area (Å²) in [6, 6.07) is 0. The summed E-state index contributed by atoms with van der Waals surface area (Å²) in [4.78, 5) is 11.5. The minimum Gasteiger partial charge on any atom is -0.462 e. The molecule has 4 aliphatic rings. The molecule has 0 aromatic heterocycles. The average molecular weight is 351 g/mol. The molecule has 134 valence electrons. The Labute approximate surface area is 151 Å². The highest BCUT2D eigenvalue weighted by molar-refractivity contribution is 6.30. The highest BCUT2D eigenvalue weighted by atomic mass is 35.5. The zero-order valence-corrected chi connectivity index (χ0v) is 16.1. The Morgan fingerprint density at radius 3 is 2.58 bits per heavy atom. The molecule has 0 aromatic rings. The molecule has 0 aromatic carbocycles. The summed E-state index contributed by atoms with van der Waals surface area (Å²) in [7, 11) is 0. The van der Waals surface area contributed by atoms with Crippen molar-refractivity contribution in [3.8, 4) is 0 Å². The van der Waals surface area contributed by atoms with Crippen LogP contribution in [0.3, 0.4) is 0 Å². The number of halogens is 1. The van der Waals surface area contributed by atoms with Gasteiger partial charge in [-0.15, -0.1) is 0 Å². The maximum Gasteiger partial charge on any atom is 0.302 e. The molecule has 0 unspecified atom stereocenters. The van der Waals surface area contributed by atoms with E-state index in [4.69, 9.17) is 16.3 Å². The fraction of sp³-hybridized carbons (Fsp3) is 0.857. The normalized spacial score (nSPS) is 50.3. The lowest BCUT2D eigenvalue weighted by Gasteiger charge is -2.59. The van der Waals surface area contributed by atoms with Crippen molar-refractivity contribution < 1.29 is 9.53 Å². The van der Waals surface area contributed by atoms with Crippen molar-refractivity contribution in [2.75, 3.05) is 0 Å². The molecule has 7 atom stereocenters. The molecule has 0 amide bonds. The second kappa shape index (κ2) is 5.76. The lowest BCUT2D eigenvalue weighted by molar-refractivity contribution is -0.159. The smallest absolute Gasteiger partial charge is 0.302 e.